The van der Waals surface area contributed by atoms with E-state index in [9.17, 15) is 10.1 Å². The average molecular weight is 307 g/mol. The Morgan fingerprint density at radius 1 is 1.14 bits per heavy atom. The molecule has 5 nitrogen and oxygen atoms in total. The molecule has 1 aliphatic heterocycles. The Kier molecular flexibility index (Phi) is 5.69. The van der Waals surface area contributed by atoms with Crippen molar-refractivity contribution >= 4 is 6.09 Å². The molecule has 2 fully saturated rings. The van der Waals surface area contributed by atoms with E-state index in [1.54, 1.807) is 4.90 Å². The van der Waals surface area contributed by atoms with Crippen LogP contribution in [0.2, 0.25) is 0 Å². The molecule has 2 aliphatic rings. The lowest BCUT2D eigenvalue weighted by Crippen LogP contribution is -2.54. The van der Waals surface area contributed by atoms with Crippen LogP contribution in [0.25, 0.3) is 0 Å². The molecule has 0 spiro atoms. The second-order valence-corrected chi connectivity index (χ2v) is 7.48. The van der Waals surface area contributed by atoms with Gasteiger partial charge in [0.15, 0.2) is 0 Å². The number of hydrogen-bond donors (Lipinski definition) is 0. The minimum absolute atomic E-state index is 0.0149. The minimum atomic E-state index is -0.453. The van der Waals surface area contributed by atoms with Gasteiger partial charge in [-0.1, -0.05) is 19.3 Å². The smallest absolute Gasteiger partial charge is 0.410 e. The zero-order valence-electron chi connectivity index (χ0n) is 14.2. The Balaban J connectivity index is 1.85. The van der Waals surface area contributed by atoms with E-state index >= 15 is 0 Å². The van der Waals surface area contributed by atoms with E-state index in [-0.39, 0.29) is 12.1 Å². The molecule has 0 aromatic carbocycles. The highest BCUT2D eigenvalue weighted by molar-refractivity contribution is 5.68. The van der Waals surface area contributed by atoms with Gasteiger partial charge in [-0.05, 0) is 39.5 Å². The van der Waals surface area contributed by atoms with Crippen molar-refractivity contribution in [1.29, 1.82) is 5.26 Å². The van der Waals surface area contributed by atoms with E-state index in [0.717, 1.165) is 13.1 Å². The molecule has 124 valence electrons. The summed E-state index contributed by atoms with van der Waals surface area (Å²) >= 11 is 0. The summed E-state index contributed by atoms with van der Waals surface area (Å²) in [6.07, 6.45) is 5.91. The maximum Gasteiger partial charge on any atom is 0.410 e. The third-order valence-electron chi connectivity index (χ3n) is 4.59. The van der Waals surface area contributed by atoms with Crippen LogP contribution in [0.4, 0.5) is 4.79 Å². The number of amides is 1. The number of nitrogens with zero attached hydrogens (tertiary/aromatic N) is 3. The fourth-order valence-corrected chi connectivity index (χ4v) is 3.44. The highest BCUT2D eigenvalue weighted by atomic mass is 16.6. The highest BCUT2D eigenvalue weighted by Gasteiger charge is 2.33. The lowest BCUT2D eigenvalue weighted by molar-refractivity contribution is 0.00925. The lowest BCUT2D eigenvalue weighted by Gasteiger charge is -2.40. The first-order valence-electron chi connectivity index (χ1n) is 8.52. The number of carbonyl (C=O) groups is 1. The van der Waals surface area contributed by atoms with E-state index in [0.29, 0.717) is 19.0 Å². The van der Waals surface area contributed by atoms with Crippen LogP contribution >= 0.6 is 0 Å². The molecule has 0 radical (unpaired) electrons. The first-order chi connectivity index (χ1) is 10.4. The van der Waals surface area contributed by atoms with Crippen molar-refractivity contribution in [1.82, 2.24) is 9.80 Å². The van der Waals surface area contributed by atoms with Crippen molar-refractivity contribution < 1.29 is 9.53 Å². The normalized spacial score (nSPS) is 22.9. The van der Waals surface area contributed by atoms with Crippen LogP contribution in [0.3, 0.4) is 0 Å². The first kappa shape index (κ1) is 17.1. The zero-order chi connectivity index (χ0) is 16.2. The van der Waals surface area contributed by atoms with Crippen molar-refractivity contribution in [3.05, 3.63) is 0 Å². The molecular formula is C17H29N3O2. The van der Waals surface area contributed by atoms with Gasteiger partial charge in [-0.25, -0.2) is 4.79 Å². The number of nitriles is 1. The number of ether oxygens (including phenoxy) is 1. The fourth-order valence-electron chi connectivity index (χ4n) is 3.44. The molecule has 1 saturated heterocycles. The Morgan fingerprint density at radius 2 is 1.73 bits per heavy atom. The predicted octanol–water partition coefficient (Wildman–Crippen LogP) is 3.01. The largest absolute Gasteiger partial charge is 0.444 e. The van der Waals surface area contributed by atoms with Crippen LogP contribution in [-0.4, -0.2) is 53.7 Å². The number of rotatable bonds is 2. The van der Waals surface area contributed by atoms with E-state index in [1.165, 1.54) is 32.1 Å². The molecule has 1 saturated carbocycles. The van der Waals surface area contributed by atoms with Crippen molar-refractivity contribution in [3.63, 3.8) is 0 Å². The van der Waals surface area contributed by atoms with Crippen LogP contribution in [0, 0.1) is 17.2 Å². The monoisotopic (exact) mass is 307 g/mol. The summed E-state index contributed by atoms with van der Waals surface area (Å²) in [5, 5.41) is 9.56. The molecule has 1 atom stereocenters. The minimum Gasteiger partial charge on any atom is -0.444 e. The van der Waals surface area contributed by atoms with E-state index in [4.69, 9.17) is 4.74 Å². The molecule has 1 aliphatic carbocycles. The van der Waals surface area contributed by atoms with Gasteiger partial charge >= 0.3 is 6.09 Å². The molecule has 1 unspecified atom stereocenters. The molecule has 5 heteroatoms. The van der Waals surface area contributed by atoms with E-state index in [1.807, 2.05) is 20.8 Å². The van der Waals surface area contributed by atoms with Gasteiger partial charge in [-0.2, -0.15) is 5.26 Å². The van der Waals surface area contributed by atoms with Crippen LogP contribution in [0.15, 0.2) is 0 Å². The van der Waals surface area contributed by atoms with Gasteiger partial charge in [0.05, 0.1) is 6.07 Å². The van der Waals surface area contributed by atoms with Crippen LogP contribution in [0.5, 0.6) is 0 Å². The number of hydrogen-bond acceptors (Lipinski definition) is 4. The van der Waals surface area contributed by atoms with Gasteiger partial charge in [0, 0.05) is 26.2 Å². The number of piperazine rings is 1. The second kappa shape index (κ2) is 7.32. The van der Waals surface area contributed by atoms with Gasteiger partial charge in [-0.15, -0.1) is 0 Å². The van der Waals surface area contributed by atoms with Gasteiger partial charge in [0.2, 0.25) is 0 Å². The summed E-state index contributed by atoms with van der Waals surface area (Å²) < 4.78 is 5.42. The van der Waals surface area contributed by atoms with Crippen molar-refractivity contribution in [2.75, 3.05) is 26.2 Å². The van der Waals surface area contributed by atoms with Gasteiger partial charge in [-0.3, -0.25) is 4.90 Å². The highest BCUT2D eigenvalue weighted by Crippen LogP contribution is 2.29. The molecule has 2 rings (SSSR count). The van der Waals surface area contributed by atoms with Crippen molar-refractivity contribution in [2.45, 2.75) is 64.5 Å². The summed E-state index contributed by atoms with van der Waals surface area (Å²) in [4.78, 5) is 16.1. The standard InChI is InChI=1S/C17H29N3O2/c1-17(2,3)22-16(21)20-11-9-19(10-12-20)15(13-18)14-7-5-4-6-8-14/h14-15H,4-12H2,1-3H3. The summed E-state index contributed by atoms with van der Waals surface area (Å²) in [6, 6.07) is 2.53. The molecule has 0 aromatic heterocycles. The van der Waals surface area contributed by atoms with Gasteiger partial charge in [0.25, 0.3) is 0 Å². The van der Waals surface area contributed by atoms with E-state index < -0.39 is 5.60 Å². The summed E-state index contributed by atoms with van der Waals surface area (Å²) in [5.41, 5.74) is -0.453. The van der Waals surface area contributed by atoms with Crippen molar-refractivity contribution in [3.8, 4) is 6.07 Å². The number of carbonyl (C=O) groups excluding carboxylic acids is 1. The summed E-state index contributed by atoms with van der Waals surface area (Å²) in [6.45, 7) is 8.50. The van der Waals surface area contributed by atoms with E-state index in [2.05, 4.69) is 11.0 Å². The molecule has 1 amide bonds. The average Bonchev–Trinajstić information content (AvgIpc) is 2.48. The third kappa shape index (κ3) is 4.61. The Morgan fingerprint density at radius 3 is 2.23 bits per heavy atom. The fraction of sp³-hybridized carbons (Fsp3) is 0.882. The lowest BCUT2D eigenvalue weighted by atomic mass is 9.83. The zero-order valence-corrected chi connectivity index (χ0v) is 14.2. The molecule has 0 bridgehead atoms. The van der Waals surface area contributed by atoms with Gasteiger partial charge < -0.3 is 9.64 Å². The van der Waals surface area contributed by atoms with Crippen LogP contribution < -0.4 is 0 Å². The Labute approximate surface area is 134 Å². The van der Waals surface area contributed by atoms with Gasteiger partial charge in [0.1, 0.15) is 11.6 Å². The molecular weight excluding hydrogens is 278 g/mol. The summed E-state index contributed by atoms with van der Waals surface area (Å²) in [5.74, 6) is 0.506. The molecule has 0 aromatic rings. The SMILES string of the molecule is CC(C)(C)OC(=O)N1CCN(C(C#N)C2CCCCC2)CC1. The van der Waals surface area contributed by atoms with Crippen molar-refractivity contribution in [2.24, 2.45) is 5.92 Å². The molecule has 1 heterocycles. The van der Waals surface area contributed by atoms with Crippen LogP contribution in [0.1, 0.15) is 52.9 Å². The topological polar surface area (TPSA) is 56.6 Å². The Hall–Kier alpha value is -1.28. The quantitative estimate of drug-likeness (QED) is 0.787. The summed E-state index contributed by atoms with van der Waals surface area (Å²) in [7, 11) is 0. The second-order valence-electron chi connectivity index (χ2n) is 7.48. The van der Waals surface area contributed by atoms with Crippen LogP contribution in [-0.2, 0) is 4.74 Å². The third-order valence-corrected chi connectivity index (χ3v) is 4.59. The molecule has 0 N–H and O–H groups in total. The maximum atomic E-state index is 12.1. The first-order valence-corrected chi connectivity index (χ1v) is 8.52. The molecule has 22 heavy (non-hydrogen) atoms. The predicted molar refractivity (Wildman–Crippen MR) is 85.4 cm³/mol. The Bertz CT molecular complexity index is 411. The maximum absolute atomic E-state index is 12.1.